The van der Waals surface area contributed by atoms with Gasteiger partial charge < -0.3 is 4.74 Å². The molecule has 1 saturated heterocycles. The van der Waals surface area contributed by atoms with Gasteiger partial charge in [-0.15, -0.1) is 0 Å². The van der Waals surface area contributed by atoms with Crippen molar-refractivity contribution in [2.45, 2.75) is 11.7 Å². The van der Waals surface area contributed by atoms with Crippen LogP contribution in [0.25, 0.3) is 0 Å². The smallest absolute Gasteiger partial charge is 0.272 e. The summed E-state index contributed by atoms with van der Waals surface area (Å²) in [5, 5.41) is -0.629. The van der Waals surface area contributed by atoms with Crippen LogP contribution in [0.3, 0.4) is 0 Å². The van der Waals surface area contributed by atoms with Gasteiger partial charge >= 0.3 is 0 Å². The minimum Gasteiger partial charge on any atom is -0.379 e. The lowest BCUT2D eigenvalue weighted by Gasteiger charge is -2.28. The molecule has 1 fully saturated rings. The first-order valence-electron chi connectivity index (χ1n) is 6.49. The zero-order chi connectivity index (χ0) is 14.6. The molecule has 2 rings (SSSR count). The lowest BCUT2D eigenvalue weighted by molar-refractivity contribution is 0.0372. The van der Waals surface area contributed by atoms with Crippen molar-refractivity contribution >= 4 is 21.7 Å². The molecule has 112 valence electrons. The average Bonchev–Trinajstić information content (AvgIpc) is 2.41. The number of benzene rings is 1. The molecular formula is C13H18ClNO4S. The number of ether oxygens (including phenoxy) is 1. The van der Waals surface area contributed by atoms with Crippen LogP contribution in [0.4, 0.5) is 0 Å². The molecule has 1 N–H and O–H groups in total. The third-order valence-corrected chi connectivity index (χ3v) is 4.98. The van der Waals surface area contributed by atoms with Gasteiger partial charge in [0.05, 0.1) is 13.2 Å². The molecule has 0 aliphatic carbocycles. The summed E-state index contributed by atoms with van der Waals surface area (Å²) in [5.74, 6) is 0. The van der Waals surface area contributed by atoms with Crippen LogP contribution in [-0.4, -0.2) is 50.7 Å². The van der Waals surface area contributed by atoms with Crippen molar-refractivity contribution < 1.29 is 17.7 Å². The molecule has 5 nitrogen and oxygen atoms in total. The number of hydrogen-bond acceptors (Lipinski definition) is 4. The Morgan fingerprint density at radius 3 is 2.55 bits per heavy atom. The highest BCUT2D eigenvalue weighted by Gasteiger charge is 2.27. The highest BCUT2D eigenvalue weighted by Crippen LogP contribution is 2.31. The fourth-order valence-electron chi connectivity index (χ4n) is 2.33. The fraction of sp³-hybridized carbons (Fsp3) is 0.538. The number of rotatable bonds is 5. The van der Waals surface area contributed by atoms with Crippen molar-refractivity contribution in [3.63, 3.8) is 0 Å². The lowest BCUT2D eigenvalue weighted by Crippen LogP contribution is -2.37. The van der Waals surface area contributed by atoms with E-state index in [-0.39, 0.29) is 0 Å². The quantitative estimate of drug-likeness (QED) is 0.841. The third-order valence-electron chi connectivity index (χ3n) is 3.42. The lowest BCUT2D eigenvalue weighted by atomic mass is 10.1. The van der Waals surface area contributed by atoms with Crippen molar-refractivity contribution in [3.05, 3.63) is 34.9 Å². The zero-order valence-corrected chi connectivity index (χ0v) is 12.6. The molecule has 1 aliphatic heterocycles. The summed E-state index contributed by atoms with van der Waals surface area (Å²) in [6, 6.07) is 6.72. The van der Waals surface area contributed by atoms with E-state index >= 15 is 0 Å². The van der Waals surface area contributed by atoms with Gasteiger partial charge in [0.2, 0.25) is 0 Å². The molecule has 0 amide bonds. The first-order chi connectivity index (χ1) is 9.48. The van der Waals surface area contributed by atoms with Crippen LogP contribution in [0, 0.1) is 0 Å². The minimum absolute atomic E-state index is 0.308. The second-order valence-electron chi connectivity index (χ2n) is 4.77. The molecule has 0 aromatic heterocycles. The van der Waals surface area contributed by atoms with Gasteiger partial charge in [-0.25, -0.2) is 0 Å². The molecule has 0 radical (unpaired) electrons. The predicted octanol–water partition coefficient (Wildman–Crippen LogP) is 1.99. The van der Waals surface area contributed by atoms with E-state index < -0.39 is 15.4 Å². The third kappa shape index (κ3) is 4.17. The summed E-state index contributed by atoms with van der Waals surface area (Å²) in [6.45, 7) is 3.45. The van der Waals surface area contributed by atoms with Crippen LogP contribution in [0.1, 0.15) is 17.2 Å². The molecule has 7 heteroatoms. The minimum atomic E-state index is -4.18. The Labute approximate surface area is 124 Å². The van der Waals surface area contributed by atoms with Crippen molar-refractivity contribution in [2.75, 3.05) is 32.8 Å². The van der Waals surface area contributed by atoms with Crippen LogP contribution in [0.5, 0.6) is 0 Å². The van der Waals surface area contributed by atoms with Crippen LogP contribution in [0.2, 0.25) is 5.02 Å². The highest BCUT2D eigenvalue weighted by molar-refractivity contribution is 7.86. The standard InChI is InChI=1S/C13H18ClNO4S/c14-12-4-2-1-3-11(12)13(20(16,17)18)5-6-15-7-9-19-10-8-15/h1-4,13H,5-10H2,(H,16,17,18). The number of nitrogens with zero attached hydrogens (tertiary/aromatic N) is 1. The van der Waals surface area contributed by atoms with Crippen molar-refractivity contribution in [3.8, 4) is 0 Å². The number of morpholine rings is 1. The van der Waals surface area contributed by atoms with Crippen molar-refractivity contribution in [2.24, 2.45) is 0 Å². The van der Waals surface area contributed by atoms with Crippen LogP contribution < -0.4 is 0 Å². The van der Waals surface area contributed by atoms with E-state index in [0.29, 0.717) is 36.8 Å². The van der Waals surface area contributed by atoms with E-state index in [4.69, 9.17) is 16.3 Å². The van der Waals surface area contributed by atoms with E-state index in [1.807, 2.05) is 0 Å². The summed E-state index contributed by atoms with van der Waals surface area (Å²) in [4.78, 5) is 2.12. The molecule has 1 atom stereocenters. The van der Waals surface area contributed by atoms with Crippen molar-refractivity contribution in [1.29, 1.82) is 0 Å². The largest absolute Gasteiger partial charge is 0.379 e. The Balaban J connectivity index is 2.11. The van der Waals surface area contributed by atoms with Gasteiger partial charge in [0.25, 0.3) is 10.1 Å². The van der Waals surface area contributed by atoms with E-state index in [1.165, 1.54) is 0 Å². The summed E-state index contributed by atoms with van der Waals surface area (Å²) >= 11 is 6.04. The maximum absolute atomic E-state index is 11.6. The van der Waals surface area contributed by atoms with Gasteiger partial charge in [-0.1, -0.05) is 29.8 Å². The van der Waals surface area contributed by atoms with Gasteiger partial charge in [-0.05, 0) is 24.6 Å². The summed E-state index contributed by atoms with van der Waals surface area (Å²) in [5.41, 5.74) is 0.449. The molecule has 1 heterocycles. The first-order valence-corrected chi connectivity index (χ1v) is 8.37. The molecule has 1 aliphatic rings. The van der Waals surface area contributed by atoms with Gasteiger partial charge in [0, 0.05) is 18.1 Å². The van der Waals surface area contributed by atoms with Gasteiger partial charge in [-0.2, -0.15) is 8.42 Å². The fourth-order valence-corrected chi connectivity index (χ4v) is 3.59. The van der Waals surface area contributed by atoms with Crippen LogP contribution in [0.15, 0.2) is 24.3 Å². The Hall–Kier alpha value is -0.660. The van der Waals surface area contributed by atoms with E-state index in [0.717, 1.165) is 13.1 Å². The monoisotopic (exact) mass is 319 g/mol. The van der Waals surface area contributed by atoms with Gasteiger partial charge in [-0.3, -0.25) is 9.45 Å². The molecule has 1 aromatic carbocycles. The summed E-state index contributed by atoms with van der Waals surface area (Å²) < 4.78 is 37.9. The second-order valence-corrected chi connectivity index (χ2v) is 6.77. The van der Waals surface area contributed by atoms with Crippen LogP contribution in [-0.2, 0) is 14.9 Å². The summed E-state index contributed by atoms with van der Waals surface area (Å²) in [6.07, 6.45) is 0.308. The molecule has 20 heavy (non-hydrogen) atoms. The van der Waals surface area contributed by atoms with Gasteiger partial charge in [0.15, 0.2) is 0 Å². The van der Waals surface area contributed by atoms with E-state index in [9.17, 15) is 13.0 Å². The Morgan fingerprint density at radius 1 is 1.30 bits per heavy atom. The van der Waals surface area contributed by atoms with E-state index in [1.54, 1.807) is 24.3 Å². The molecule has 0 spiro atoms. The molecule has 1 unspecified atom stereocenters. The first kappa shape index (κ1) is 15.7. The topological polar surface area (TPSA) is 66.8 Å². The van der Waals surface area contributed by atoms with Gasteiger partial charge in [0.1, 0.15) is 5.25 Å². The molecule has 1 aromatic rings. The van der Waals surface area contributed by atoms with Crippen LogP contribution >= 0.6 is 11.6 Å². The predicted molar refractivity (Wildman–Crippen MR) is 77.6 cm³/mol. The normalized spacial score (nSPS) is 18.9. The maximum atomic E-state index is 11.6. The molecule has 0 bridgehead atoms. The SMILES string of the molecule is O=S(=O)(O)C(CCN1CCOCC1)c1ccccc1Cl. The molecular weight excluding hydrogens is 302 g/mol. The van der Waals surface area contributed by atoms with E-state index in [2.05, 4.69) is 4.90 Å². The second kappa shape index (κ2) is 6.87. The summed E-state index contributed by atoms with van der Waals surface area (Å²) in [7, 11) is -4.18. The maximum Gasteiger partial charge on any atom is 0.272 e. The Bertz CT molecular complexity index is 543. The Morgan fingerprint density at radius 2 is 1.95 bits per heavy atom. The zero-order valence-electron chi connectivity index (χ0n) is 11.0. The number of hydrogen-bond donors (Lipinski definition) is 1. The average molecular weight is 320 g/mol. The highest BCUT2D eigenvalue weighted by atomic mass is 35.5. The molecule has 0 saturated carbocycles. The van der Waals surface area contributed by atoms with Crippen molar-refractivity contribution in [1.82, 2.24) is 4.90 Å². The Kier molecular flexibility index (Phi) is 5.40. The number of halogens is 1.